The molecule has 4 amide bonds. The average molecular weight is 614 g/mol. The third-order valence-corrected chi connectivity index (χ3v) is 10.2. The molecular formula is C30H39N5O7S. The molecule has 1 aromatic rings. The lowest BCUT2D eigenvalue weighted by atomic mass is 9.93. The highest BCUT2D eigenvalue weighted by Crippen LogP contribution is 2.46. The van der Waals surface area contributed by atoms with Crippen molar-refractivity contribution >= 4 is 39.5 Å². The molecule has 0 spiro atoms. The Bertz CT molecular complexity index is 1420. The Morgan fingerprint density at radius 3 is 2.53 bits per heavy atom. The molecule has 0 heterocycles. The Balaban J connectivity index is 1.48. The first-order valence-electron chi connectivity index (χ1n) is 14.7. The number of amides is 4. The largest absolute Gasteiger partial charge is 0.446 e. The predicted octanol–water partition coefficient (Wildman–Crippen LogP) is 2.82. The Kier molecular flexibility index (Phi) is 9.79. The number of carbonyl (C=O) groups excluding carboxylic acids is 4. The molecule has 3 fully saturated rings. The summed E-state index contributed by atoms with van der Waals surface area (Å²) in [5.41, 5.74) is -0.769. The van der Waals surface area contributed by atoms with Gasteiger partial charge in [-0.25, -0.2) is 13.2 Å². The van der Waals surface area contributed by atoms with Crippen molar-refractivity contribution < 1.29 is 32.3 Å². The van der Waals surface area contributed by atoms with Gasteiger partial charge < -0.3 is 15.0 Å². The molecule has 4 rings (SSSR count). The first-order chi connectivity index (χ1) is 20.4. The van der Waals surface area contributed by atoms with Crippen molar-refractivity contribution in [2.75, 3.05) is 18.9 Å². The lowest BCUT2D eigenvalue weighted by Gasteiger charge is -2.26. The molecule has 12 nitrogen and oxygen atoms in total. The van der Waals surface area contributed by atoms with Crippen molar-refractivity contribution in [3.8, 4) is 6.07 Å². The third kappa shape index (κ3) is 7.54. The number of sulfonamides is 1. The molecule has 0 unspecified atom stereocenters. The number of nitrogens with zero attached hydrogens (tertiary/aromatic N) is 2. The van der Waals surface area contributed by atoms with Gasteiger partial charge in [0.05, 0.1) is 28.7 Å². The minimum atomic E-state index is -3.84. The first-order valence-corrected chi connectivity index (χ1v) is 16.2. The predicted molar refractivity (Wildman–Crippen MR) is 158 cm³/mol. The highest BCUT2D eigenvalue weighted by Gasteiger charge is 2.62. The van der Waals surface area contributed by atoms with Gasteiger partial charge in [0.15, 0.2) is 0 Å². The van der Waals surface area contributed by atoms with E-state index in [1.807, 2.05) is 6.07 Å². The van der Waals surface area contributed by atoms with E-state index in [-0.39, 0.29) is 25.2 Å². The van der Waals surface area contributed by atoms with Crippen molar-refractivity contribution in [3.05, 3.63) is 42.5 Å². The van der Waals surface area contributed by atoms with Gasteiger partial charge in [-0.1, -0.05) is 31.9 Å². The summed E-state index contributed by atoms with van der Waals surface area (Å²) in [5.74, 6) is -3.88. The van der Waals surface area contributed by atoms with Gasteiger partial charge in [-0.2, -0.15) is 5.26 Å². The summed E-state index contributed by atoms with van der Waals surface area (Å²) < 4.78 is 32.7. The van der Waals surface area contributed by atoms with Crippen LogP contribution < -0.4 is 15.4 Å². The summed E-state index contributed by atoms with van der Waals surface area (Å²) in [6.07, 6.45) is 3.91. The zero-order valence-corrected chi connectivity index (χ0v) is 25.3. The van der Waals surface area contributed by atoms with Gasteiger partial charge in [-0.15, -0.1) is 6.58 Å². The number of hydrogen-bond acceptors (Lipinski definition) is 8. The average Bonchev–Trinajstić information content (AvgIpc) is 3.89. The Hall–Kier alpha value is -3.92. The topological polar surface area (TPSA) is 175 Å². The maximum absolute atomic E-state index is 13.7. The molecule has 13 heteroatoms. The lowest BCUT2D eigenvalue weighted by Crippen LogP contribution is -2.54. The van der Waals surface area contributed by atoms with Crippen molar-refractivity contribution in [1.82, 2.24) is 14.9 Å². The van der Waals surface area contributed by atoms with Crippen LogP contribution in [0.25, 0.3) is 0 Å². The molecule has 5 atom stereocenters. The first kappa shape index (κ1) is 32.0. The lowest BCUT2D eigenvalue weighted by molar-refractivity contribution is -0.140. The number of ether oxygens (including phenoxy) is 1. The van der Waals surface area contributed by atoms with Gasteiger partial charge in [0.2, 0.25) is 21.8 Å². The van der Waals surface area contributed by atoms with Gasteiger partial charge in [0.1, 0.15) is 11.6 Å². The van der Waals surface area contributed by atoms with Gasteiger partial charge in [0.25, 0.3) is 5.91 Å². The molecule has 3 aliphatic carbocycles. The van der Waals surface area contributed by atoms with Crippen molar-refractivity contribution in [2.24, 2.45) is 17.8 Å². The number of anilines is 1. The van der Waals surface area contributed by atoms with E-state index in [0.717, 1.165) is 19.3 Å². The number of hydrogen-bond donors (Lipinski definition) is 3. The van der Waals surface area contributed by atoms with Gasteiger partial charge in [-0.3, -0.25) is 24.4 Å². The van der Waals surface area contributed by atoms with E-state index in [9.17, 15) is 27.6 Å². The SMILES string of the molecule is C=C[C@@H]1C[C@]1(NC(=O)[C@@H]1C[C@@H](OC(=O)Nc2cccc(C#N)c2)C[C@H]1C(=O)N(C)CCCCC)C(=O)NS(=O)(=O)C1CC1. The number of rotatable bonds is 13. The molecule has 3 saturated carbocycles. The zero-order valence-electron chi connectivity index (χ0n) is 24.5. The highest BCUT2D eigenvalue weighted by molar-refractivity contribution is 7.91. The minimum Gasteiger partial charge on any atom is -0.446 e. The third-order valence-electron chi connectivity index (χ3n) is 8.41. The fraction of sp³-hybridized carbons (Fsp3) is 0.567. The molecule has 232 valence electrons. The van der Waals surface area contributed by atoms with Crippen LogP contribution in [0.4, 0.5) is 10.5 Å². The maximum atomic E-state index is 13.7. The molecule has 0 bridgehead atoms. The molecule has 43 heavy (non-hydrogen) atoms. The number of benzene rings is 1. The number of nitriles is 1. The van der Waals surface area contributed by atoms with E-state index in [1.54, 1.807) is 30.1 Å². The Morgan fingerprint density at radius 1 is 1.19 bits per heavy atom. The summed E-state index contributed by atoms with van der Waals surface area (Å²) in [4.78, 5) is 54.7. The number of unbranched alkanes of at least 4 members (excludes halogenated alkanes) is 2. The molecule has 0 aromatic heterocycles. The van der Waals surface area contributed by atoms with Crippen LogP contribution in [0.1, 0.15) is 63.9 Å². The van der Waals surface area contributed by atoms with E-state index in [4.69, 9.17) is 10.00 Å². The molecule has 1 aromatic carbocycles. The maximum Gasteiger partial charge on any atom is 0.411 e. The van der Waals surface area contributed by atoms with Gasteiger partial charge in [-0.05, 0) is 56.7 Å². The van der Waals surface area contributed by atoms with Crippen LogP contribution in [-0.4, -0.2) is 67.6 Å². The van der Waals surface area contributed by atoms with E-state index in [0.29, 0.717) is 30.6 Å². The fourth-order valence-electron chi connectivity index (χ4n) is 5.64. The standard InChI is InChI=1S/C30H39N5O7S/c1-4-6-7-13-35(3)27(37)25-16-22(42-29(39)32-21-10-8-9-19(14-21)18-31)15-24(25)26(36)33-30(17-20(30)5-2)28(38)34-43(40,41)23-11-12-23/h5,8-10,14,20,22-25H,2,4,6-7,11-13,15-17H2,1,3H3,(H,32,39)(H,33,36)(H,34,38)/t20-,22-,24-,25-,30-/m1/s1. The molecule has 0 aliphatic heterocycles. The van der Waals surface area contributed by atoms with Gasteiger partial charge in [0, 0.05) is 25.2 Å². The van der Waals surface area contributed by atoms with Crippen LogP contribution in [0, 0.1) is 29.1 Å². The second-order valence-electron chi connectivity index (χ2n) is 11.7. The number of nitrogens with one attached hydrogen (secondary N) is 3. The molecule has 3 aliphatic rings. The molecular weight excluding hydrogens is 574 g/mol. The summed E-state index contributed by atoms with van der Waals surface area (Å²) in [6, 6.07) is 8.29. The second-order valence-corrected chi connectivity index (χ2v) is 13.6. The minimum absolute atomic E-state index is 0.0352. The van der Waals surface area contributed by atoms with E-state index >= 15 is 0 Å². The smallest absolute Gasteiger partial charge is 0.411 e. The summed E-state index contributed by atoms with van der Waals surface area (Å²) in [6.45, 7) is 6.27. The Morgan fingerprint density at radius 2 is 1.91 bits per heavy atom. The van der Waals surface area contributed by atoms with Crippen LogP contribution in [0.2, 0.25) is 0 Å². The second kappa shape index (κ2) is 13.2. The van der Waals surface area contributed by atoms with E-state index < -0.39 is 62.6 Å². The number of carbonyl (C=O) groups is 4. The normalized spacial score (nSPS) is 26.0. The fourth-order valence-corrected chi connectivity index (χ4v) is 7.00. The highest BCUT2D eigenvalue weighted by atomic mass is 32.2. The molecule has 3 N–H and O–H groups in total. The van der Waals surface area contributed by atoms with E-state index in [1.165, 1.54) is 12.1 Å². The summed E-state index contributed by atoms with van der Waals surface area (Å²) in [7, 11) is -2.17. The van der Waals surface area contributed by atoms with E-state index in [2.05, 4.69) is 28.9 Å². The monoisotopic (exact) mass is 613 g/mol. The summed E-state index contributed by atoms with van der Waals surface area (Å²) >= 11 is 0. The van der Waals surface area contributed by atoms with Crippen LogP contribution >= 0.6 is 0 Å². The summed E-state index contributed by atoms with van der Waals surface area (Å²) in [5, 5.41) is 13.8. The van der Waals surface area contributed by atoms with Crippen molar-refractivity contribution in [2.45, 2.75) is 75.2 Å². The van der Waals surface area contributed by atoms with Crippen LogP contribution in [-0.2, 0) is 29.1 Å². The van der Waals surface area contributed by atoms with Gasteiger partial charge >= 0.3 is 6.09 Å². The zero-order chi connectivity index (χ0) is 31.4. The van der Waals surface area contributed by atoms with Crippen molar-refractivity contribution in [1.29, 1.82) is 5.26 Å². The quantitative estimate of drug-likeness (QED) is 0.225. The Labute approximate surface area is 252 Å². The van der Waals surface area contributed by atoms with Crippen LogP contribution in [0.5, 0.6) is 0 Å². The van der Waals surface area contributed by atoms with Crippen LogP contribution in [0.3, 0.4) is 0 Å². The van der Waals surface area contributed by atoms with Crippen molar-refractivity contribution in [3.63, 3.8) is 0 Å². The van der Waals surface area contributed by atoms with Crippen LogP contribution in [0.15, 0.2) is 36.9 Å². The molecule has 0 saturated heterocycles. The molecule has 0 radical (unpaired) electrons.